The van der Waals surface area contributed by atoms with Gasteiger partial charge in [0.2, 0.25) is 0 Å². The van der Waals surface area contributed by atoms with E-state index < -0.39 is 10.8 Å². The molecule has 0 atom stereocenters. The molecule has 28 heavy (non-hydrogen) atoms. The SMILES string of the molecule is CCOc1ccc(/C(C)=N\NC(=O)c2cc(OC)cc(OC)c2)cc1[N+](=O)[O-]. The lowest BCUT2D eigenvalue weighted by Gasteiger charge is -2.08. The molecule has 0 heterocycles. The number of ether oxygens (including phenoxy) is 3. The predicted octanol–water partition coefficient (Wildman–Crippen LogP) is 3.16. The van der Waals surface area contributed by atoms with E-state index in [4.69, 9.17) is 14.2 Å². The van der Waals surface area contributed by atoms with E-state index in [-0.39, 0.29) is 11.4 Å². The van der Waals surface area contributed by atoms with E-state index >= 15 is 0 Å². The van der Waals surface area contributed by atoms with E-state index in [1.54, 1.807) is 38.1 Å². The molecule has 2 aromatic carbocycles. The first-order valence-corrected chi connectivity index (χ1v) is 8.38. The molecule has 9 nitrogen and oxygen atoms in total. The van der Waals surface area contributed by atoms with Crippen LogP contribution in [0.5, 0.6) is 17.2 Å². The summed E-state index contributed by atoms with van der Waals surface area (Å²) in [6, 6.07) is 9.23. The predicted molar refractivity (Wildman–Crippen MR) is 103 cm³/mol. The van der Waals surface area contributed by atoms with Gasteiger partial charge in [0.05, 0.1) is 31.5 Å². The minimum absolute atomic E-state index is 0.169. The van der Waals surface area contributed by atoms with Crippen LogP contribution in [0.4, 0.5) is 5.69 Å². The van der Waals surface area contributed by atoms with Crippen LogP contribution in [0.15, 0.2) is 41.5 Å². The molecular weight excluding hydrogens is 366 g/mol. The first kappa shape index (κ1) is 20.7. The monoisotopic (exact) mass is 387 g/mol. The van der Waals surface area contributed by atoms with Crippen molar-refractivity contribution in [1.29, 1.82) is 0 Å². The molecule has 1 amide bonds. The molecule has 0 aliphatic heterocycles. The van der Waals surface area contributed by atoms with Gasteiger partial charge in [0.25, 0.3) is 5.91 Å². The number of hydrazone groups is 1. The van der Waals surface area contributed by atoms with Crippen LogP contribution in [0, 0.1) is 10.1 Å². The molecule has 2 aromatic rings. The topological polar surface area (TPSA) is 112 Å². The highest BCUT2D eigenvalue weighted by atomic mass is 16.6. The Morgan fingerprint density at radius 3 is 2.29 bits per heavy atom. The number of amides is 1. The van der Waals surface area contributed by atoms with E-state index in [9.17, 15) is 14.9 Å². The van der Waals surface area contributed by atoms with Crippen molar-refractivity contribution in [3.63, 3.8) is 0 Å². The molecule has 0 aliphatic rings. The Balaban J connectivity index is 2.23. The average Bonchev–Trinajstić information content (AvgIpc) is 2.71. The van der Waals surface area contributed by atoms with Crippen LogP contribution in [0.2, 0.25) is 0 Å². The summed E-state index contributed by atoms with van der Waals surface area (Å²) in [7, 11) is 2.97. The Hall–Kier alpha value is -3.62. The van der Waals surface area contributed by atoms with Gasteiger partial charge in [0.15, 0.2) is 5.75 Å². The third kappa shape index (κ3) is 4.97. The zero-order valence-electron chi connectivity index (χ0n) is 16.0. The number of methoxy groups -OCH3 is 2. The van der Waals surface area contributed by atoms with Crippen molar-refractivity contribution in [1.82, 2.24) is 5.43 Å². The minimum atomic E-state index is -0.525. The average molecular weight is 387 g/mol. The fourth-order valence-electron chi connectivity index (χ4n) is 2.36. The molecule has 0 unspecified atom stereocenters. The first-order valence-electron chi connectivity index (χ1n) is 8.38. The van der Waals surface area contributed by atoms with Crippen molar-refractivity contribution in [3.8, 4) is 17.2 Å². The first-order chi connectivity index (χ1) is 13.4. The molecule has 0 saturated heterocycles. The molecule has 0 aromatic heterocycles. The molecule has 1 N–H and O–H groups in total. The summed E-state index contributed by atoms with van der Waals surface area (Å²) < 4.78 is 15.5. The van der Waals surface area contributed by atoms with Crippen molar-refractivity contribution in [2.45, 2.75) is 13.8 Å². The van der Waals surface area contributed by atoms with Gasteiger partial charge in [0, 0.05) is 23.3 Å². The number of carbonyl (C=O) groups is 1. The molecule has 9 heteroatoms. The van der Waals surface area contributed by atoms with Crippen molar-refractivity contribution < 1.29 is 23.9 Å². The van der Waals surface area contributed by atoms with E-state index in [1.807, 2.05) is 0 Å². The Labute approximate surface area is 162 Å². The zero-order chi connectivity index (χ0) is 20.7. The Morgan fingerprint density at radius 1 is 1.11 bits per heavy atom. The Bertz CT molecular complexity index is 888. The van der Waals surface area contributed by atoms with E-state index in [0.29, 0.717) is 34.9 Å². The van der Waals surface area contributed by atoms with Gasteiger partial charge in [-0.2, -0.15) is 5.10 Å². The van der Waals surface area contributed by atoms with Gasteiger partial charge in [-0.15, -0.1) is 0 Å². The molecule has 0 aliphatic carbocycles. The van der Waals surface area contributed by atoms with Crippen molar-refractivity contribution in [3.05, 3.63) is 57.6 Å². The molecule has 0 radical (unpaired) electrons. The van der Waals surface area contributed by atoms with Crippen LogP contribution >= 0.6 is 0 Å². The van der Waals surface area contributed by atoms with Crippen LogP contribution in [0.25, 0.3) is 0 Å². The number of nitro benzene ring substituents is 1. The van der Waals surface area contributed by atoms with Gasteiger partial charge < -0.3 is 14.2 Å². The van der Waals surface area contributed by atoms with E-state index in [1.165, 1.54) is 26.4 Å². The minimum Gasteiger partial charge on any atom is -0.497 e. The summed E-state index contributed by atoms with van der Waals surface area (Å²) in [5.74, 6) is 0.633. The lowest BCUT2D eigenvalue weighted by Crippen LogP contribution is -2.19. The number of hydrogen-bond donors (Lipinski definition) is 1. The number of benzene rings is 2. The fourth-order valence-corrected chi connectivity index (χ4v) is 2.36. The summed E-state index contributed by atoms with van der Waals surface area (Å²) in [6.45, 7) is 3.69. The molecule has 0 saturated carbocycles. The maximum Gasteiger partial charge on any atom is 0.311 e. The Kier molecular flexibility index (Phi) is 6.91. The van der Waals surface area contributed by atoms with Gasteiger partial charge >= 0.3 is 5.69 Å². The number of carbonyl (C=O) groups excluding carboxylic acids is 1. The van der Waals surface area contributed by atoms with Crippen LogP contribution in [0.3, 0.4) is 0 Å². The lowest BCUT2D eigenvalue weighted by molar-refractivity contribution is -0.385. The summed E-state index contributed by atoms with van der Waals surface area (Å²) in [5, 5.41) is 15.3. The van der Waals surface area contributed by atoms with Crippen molar-refractivity contribution in [2.75, 3.05) is 20.8 Å². The smallest absolute Gasteiger partial charge is 0.311 e. The highest BCUT2D eigenvalue weighted by molar-refractivity contribution is 6.01. The largest absolute Gasteiger partial charge is 0.497 e. The molecule has 0 fully saturated rings. The molecule has 0 bridgehead atoms. The maximum absolute atomic E-state index is 12.4. The maximum atomic E-state index is 12.4. The van der Waals surface area contributed by atoms with E-state index in [0.717, 1.165) is 0 Å². The highest BCUT2D eigenvalue weighted by Gasteiger charge is 2.17. The number of nitrogens with zero attached hydrogens (tertiary/aromatic N) is 2. The summed E-state index contributed by atoms with van der Waals surface area (Å²) in [6.07, 6.45) is 0. The number of hydrogen-bond acceptors (Lipinski definition) is 7. The van der Waals surface area contributed by atoms with Gasteiger partial charge in [-0.3, -0.25) is 14.9 Å². The van der Waals surface area contributed by atoms with Gasteiger partial charge in [-0.1, -0.05) is 0 Å². The van der Waals surface area contributed by atoms with Gasteiger partial charge in [-0.05, 0) is 38.1 Å². The summed E-state index contributed by atoms with van der Waals surface area (Å²) in [5.41, 5.74) is 3.44. The van der Waals surface area contributed by atoms with E-state index in [2.05, 4.69) is 10.5 Å². The van der Waals surface area contributed by atoms with Crippen LogP contribution in [-0.4, -0.2) is 37.4 Å². The quantitative estimate of drug-likeness (QED) is 0.423. The zero-order valence-corrected chi connectivity index (χ0v) is 16.0. The molecule has 2 rings (SSSR count). The fraction of sp³-hybridized carbons (Fsp3) is 0.263. The normalized spacial score (nSPS) is 10.9. The second-order valence-electron chi connectivity index (χ2n) is 5.61. The Morgan fingerprint density at radius 2 is 1.75 bits per heavy atom. The van der Waals surface area contributed by atoms with Gasteiger partial charge in [0.1, 0.15) is 11.5 Å². The van der Waals surface area contributed by atoms with Gasteiger partial charge in [-0.25, -0.2) is 5.43 Å². The van der Waals surface area contributed by atoms with Crippen molar-refractivity contribution >= 4 is 17.3 Å². The third-order valence-electron chi connectivity index (χ3n) is 3.81. The van der Waals surface area contributed by atoms with Crippen LogP contribution in [0.1, 0.15) is 29.8 Å². The van der Waals surface area contributed by atoms with Crippen LogP contribution in [-0.2, 0) is 0 Å². The summed E-state index contributed by atoms with van der Waals surface area (Å²) in [4.78, 5) is 23.1. The molecule has 0 spiro atoms. The third-order valence-corrected chi connectivity index (χ3v) is 3.81. The number of nitrogens with one attached hydrogen (secondary N) is 1. The lowest BCUT2D eigenvalue weighted by atomic mass is 10.1. The van der Waals surface area contributed by atoms with Crippen LogP contribution < -0.4 is 19.6 Å². The van der Waals surface area contributed by atoms with Crippen molar-refractivity contribution in [2.24, 2.45) is 5.10 Å². The molecule has 148 valence electrons. The second-order valence-corrected chi connectivity index (χ2v) is 5.61. The second kappa shape index (κ2) is 9.36. The number of nitro groups is 1. The molecular formula is C19H21N3O6. The number of rotatable bonds is 8. The highest BCUT2D eigenvalue weighted by Crippen LogP contribution is 2.28. The standard InChI is InChI=1S/C19H21N3O6/c1-5-28-18-7-6-13(10-17(18)22(24)25)12(2)20-21-19(23)14-8-15(26-3)11-16(9-14)27-4/h6-11H,5H2,1-4H3,(H,21,23)/b20-12-. The summed E-state index contributed by atoms with van der Waals surface area (Å²) >= 11 is 0.